The molecule has 0 saturated carbocycles. The summed E-state index contributed by atoms with van der Waals surface area (Å²) in [4.78, 5) is 13.5. The lowest BCUT2D eigenvalue weighted by atomic mass is 10.2. The molecule has 170 valence electrons. The maximum atomic E-state index is 13.2. The van der Waals surface area contributed by atoms with Gasteiger partial charge in [-0.3, -0.25) is 9.36 Å². The summed E-state index contributed by atoms with van der Waals surface area (Å²) in [5, 5.41) is 15.2. The number of nitrogens with one attached hydrogen (secondary N) is 1. The SMILES string of the molecule is CC(NC(=O)Cc1cccs1)c1nnc(SCc2ccc(F)cc2)n1-c1ccc(Cl)cc1Cl. The molecule has 0 aliphatic rings. The Morgan fingerprint density at radius 1 is 1.18 bits per heavy atom. The lowest BCUT2D eigenvalue weighted by Gasteiger charge is -2.17. The summed E-state index contributed by atoms with van der Waals surface area (Å²) < 4.78 is 15.1. The predicted octanol–water partition coefficient (Wildman–Crippen LogP) is 6.49. The largest absolute Gasteiger partial charge is 0.346 e. The van der Waals surface area contributed by atoms with Crippen LogP contribution in [0.25, 0.3) is 5.69 Å². The Kier molecular flexibility index (Phi) is 7.70. The molecule has 0 bridgehead atoms. The maximum absolute atomic E-state index is 13.2. The standard InChI is InChI=1S/C23H19Cl2FN4OS2/c1-14(27-21(31)12-18-3-2-10-32-18)22-28-29-23(33-13-15-4-7-17(26)8-5-15)30(22)20-9-6-16(24)11-19(20)25/h2-11,14H,12-13H2,1H3,(H,27,31). The van der Waals surface area contributed by atoms with Gasteiger partial charge in [-0.2, -0.15) is 0 Å². The Bertz CT molecular complexity index is 1250. The number of nitrogens with zero attached hydrogens (tertiary/aromatic N) is 3. The fourth-order valence-corrected chi connectivity index (χ4v) is 5.31. The van der Waals surface area contributed by atoms with Crippen molar-refractivity contribution in [2.24, 2.45) is 0 Å². The molecule has 1 N–H and O–H groups in total. The zero-order chi connectivity index (χ0) is 23.4. The van der Waals surface area contributed by atoms with Crippen LogP contribution >= 0.6 is 46.3 Å². The highest BCUT2D eigenvalue weighted by Crippen LogP contribution is 2.32. The first-order valence-electron chi connectivity index (χ1n) is 10.0. The van der Waals surface area contributed by atoms with Crippen LogP contribution in [0, 0.1) is 5.82 Å². The highest BCUT2D eigenvalue weighted by molar-refractivity contribution is 7.98. The van der Waals surface area contributed by atoms with Gasteiger partial charge in [-0.1, -0.05) is 53.2 Å². The number of halogens is 3. The molecule has 0 aliphatic carbocycles. The van der Waals surface area contributed by atoms with E-state index in [-0.39, 0.29) is 11.7 Å². The third-order valence-corrected chi connectivity index (χ3v) is 7.18. The van der Waals surface area contributed by atoms with Gasteiger partial charge in [0.2, 0.25) is 5.91 Å². The van der Waals surface area contributed by atoms with E-state index in [1.165, 1.54) is 35.2 Å². The smallest absolute Gasteiger partial charge is 0.225 e. The van der Waals surface area contributed by atoms with Gasteiger partial charge in [0.1, 0.15) is 5.82 Å². The number of hydrogen-bond acceptors (Lipinski definition) is 5. The molecule has 0 fully saturated rings. The second kappa shape index (κ2) is 10.7. The number of thiophene rings is 1. The Morgan fingerprint density at radius 2 is 1.97 bits per heavy atom. The lowest BCUT2D eigenvalue weighted by molar-refractivity contribution is -0.121. The molecule has 1 amide bonds. The quantitative estimate of drug-likeness (QED) is 0.270. The number of aromatic nitrogens is 3. The van der Waals surface area contributed by atoms with Gasteiger partial charge in [0.05, 0.1) is 23.2 Å². The number of amides is 1. The van der Waals surface area contributed by atoms with Crippen LogP contribution < -0.4 is 5.32 Å². The number of carbonyl (C=O) groups is 1. The van der Waals surface area contributed by atoms with E-state index in [1.54, 1.807) is 30.3 Å². The molecule has 4 aromatic rings. The molecule has 0 aliphatic heterocycles. The summed E-state index contributed by atoms with van der Waals surface area (Å²) in [6.07, 6.45) is 0.296. The Labute approximate surface area is 209 Å². The van der Waals surface area contributed by atoms with Crippen LogP contribution in [0.4, 0.5) is 4.39 Å². The zero-order valence-electron chi connectivity index (χ0n) is 17.5. The van der Waals surface area contributed by atoms with Crippen LogP contribution in [0.3, 0.4) is 0 Å². The zero-order valence-corrected chi connectivity index (χ0v) is 20.6. The van der Waals surface area contributed by atoms with Crippen LogP contribution in [0.15, 0.2) is 65.1 Å². The first kappa shape index (κ1) is 23.8. The van der Waals surface area contributed by atoms with Gasteiger partial charge in [0.15, 0.2) is 11.0 Å². The Balaban J connectivity index is 1.61. The van der Waals surface area contributed by atoms with Crippen molar-refractivity contribution < 1.29 is 9.18 Å². The molecule has 33 heavy (non-hydrogen) atoms. The van der Waals surface area contributed by atoms with Crippen LogP contribution in [-0.2, 0) is 17.0 Å². The average molecular weight is 521 g/mol. The van der Waals surface area contributed by atoms with Crippen molar-refractivity contribution in [3.05, 3.63) is 92.1 Å². The summed E-state index contributed by atoms with van der Waals surface area (Å²) in [6, 6.07) is 14.9. The fraction of sp³-hybridized carbons (Fsp3) is 0.174. The van der Waals surface area contributed by atoms with Crippen molar-refractivity contribution in [3.63, 3.8) is 0 Å². The molecule has 2 aromatic heterocycles. The molecular weight excluding hydrogens is 502 g/mol. The molecule has 5 nitrogen and oxygen atoms in total. The van der Waals surface area contributed by atoms with Gasteiger partial charge < -0.3 is 5.32 Å². The Hall–Kier alpha value is -2.39. The average Bonchev–Trinajstić information content (AvgIpc) is 3.43. The Morgan fingerprint density at radius 3 is 2.67 bits per heavy atom. The minimum atomic E-state index is -0.420. The minimum absolute atomic E-state index is 0.109. The van der Waals surface area contributed by atoms with E-state index in [9.17, 15) is 9.18 Å². The van der Waals surface area contributed by atoms with Crippen LogP contribution in [0.5, 0.6) is 0 Å². The van der Waals surface area contributed by atoms with Gasteiger partial charge >= 0.3 is 0 Å². The van der Waals surface area contributed by atoms with E-state index < -0.39 is 6.04 Å². The molecular formula is C23H19Cl2FN4OS2. The third-order valence-electron chi connectivity index (χ3n) is 4.77. The molecule has 1 unspecified atom stereocenters. The number of hydrogen-bond donors (Lipinski definition) is 1. The summed E-state index contributed by atoms with van der Waals surface area (Å²) >= 11 is 15.6. The summed E-state index contributed by atoms with van der Waals surface area (Å²) in [6.45, 7) is 1.85. The van der Waals surface area contributed by atoms with Gasteiger partial charge in [0.25, 0.3) is 0 Å². The minimum Gasteiger partial charge on any atom is -0.346 e. The number of benzene rings is 2. The van der Waals surface area contributed by atoms with Crippen molar-refractivity contribution >= 4 is 52.2 Å². The van der Waals surface area contributed by atoms with E-state index in [2.05, 4.69) is 15.5 Å². The first-order chi connectivity index (χ1) is 15.9. The van der Waals surface area contributed by atoms with Crippen LogP contribution in [0.2, 0.25) is 10.0 Å². The van der Waals surface area contributed by atoms with Crippen molar-refractivity contribution in [1.82, 2.24) is 20.1 Å². The molecule has 2 aromatic carbocycles. The summed E-state index contributed by atoms with van der Waals surface area (Å²) in [7, 11) is 0. The normalized spacial score (nSPS) is 12.0. The highest BCUT2D eigenvalue weighted by Gasteiger charge is 2.23. The third kappa shape index (κ3) is 5.95. The van der Waals surface area contributed by atoms with Crippen molar-refractivity contribution in [2.45, 2.75) is 30.3 Å². The van der Waals surface area contributed by atoms with Crippen molar-refractivity contribution in [3.8, 4) is 5.69 Å². The summed E-state index contributed by atoms with van der Waals surface area (Å²) in [5.74, 6) is 0.708. The molecule has 1 atom stereocenters. The van der Waals surface area contributed by atoms with Crippen LogP contribution in [0.1, 0.15) is 29.2 Å². The van der Waals surface area contributed by atoms with Crippen LogP contribution in [-0.4, -0.2) is 20.7 Å². The van der Waals surface area contributed by atoms with Crippen molar-refractivity contribution in [1.29, 1.82) is 0 Å². The highest BCUT2D eigenvalue weighted by atomic mass is 35.5. The molecule has 10 heteroatoms. The first-order valence-corrected chi connectivity index (χ1v) is 12.6. The van der Waals surface area contributed by atoms with E-state index in [0.717, 1.165) is 10.4 Å². The van der Waals surface area contributed by atoms with Gasteiger partial charge in [-0.25, -0.2) is 4.39 Å². The van der Waals surface area contributed by atoms with E-state index in [0.29, 0.717) is 38.9 Å². The monoisotopic (exact) mass is 520 g/mol. The number of rotatable bonds is 8. The summed E-state index contributed by atoms with van der Waals surface area (Å²) in [5.41, 5.74) is 1.60. The molecule has 0 spiro atoms. The topological polar surface area (TPSA) is 59.8 Å². The van der Waals surface area contributed by atoms with Gasteiger partial charge in [0, 0.05) is 15.7 Å². The van der Waals surface area contributed by atoms with Gasteiger partial charge in [-0.05, 0) is 54.3 Å². The molecule has 0 radical (unpaired) electrons. The van der Waals surface area contributed by atoms with E-state index >= 15 is 0 Å². The molecule has 4 rings (SSSR count). The predicted molar refractivity (Wildman–Crippen MR) is 132 cm³/mol. The lowest BCUT2D eigenvalue weighted by Crippen LogP contribution is -2.29. The molecule has 2 heterocycles. The second-order valence-electron chi connectivity index (χ2n) is 7.23. The van der Waals surface area contributed by atoms with Gasteiger partial charge in [-0.15, -0.1) is 21.5 Å². The molecule has 0 saturated heterocycles. The fourth-order valence-electron chi connectivity index (χ4n) is 3.20. The second-order valence-corrected chi connectivity index (χ2v) is 10.1. The maximum Gasteiger partial charge on any atom is 0.225 e. The number of thioether (sulfide) groups is 1. The van der Waals surface area contributed by atoms with E-state index in [4.69, 9.17) is 23.2 Å². The van der Waals surface area contributed by atoms with E-state index in [1.807, 2.05) is 29.0 Å². The van der Waals surface area contributed by atoms with Crippen molar-refractivity contribution in [2.75, 3.05) is 0 Å². The number of carbonyl (C=O) groups excluding carboxylic acids is 1.